The fourth-order valence-corrected chi connectivity index (χ4v) is 1.84. The van der Waals surface area contributed by atoms with Crippen LogP contribution < -0.4 is 10.9 Å². The van der Waals surface area contributed by atoms with Crippen LogP contribution in [0.25, 0.3) is 0 Å². The summed E-state index contributed by atoms with van der Waals surface area (Å²) in [5.41, 5.74) is 0.827. The molecule has 0 aliphatic heterocycles. The molecule has 0 saturated heterocycles. The van der Waals surface area contributed by atoms with E-state index in [4.69, 9.17) is 0 Å². The average molecular weight is 308 g/mol. The summed E-state index contributed by atoms with van der Waals surface area (Å²) in [4.78, 5) is 30.1. The van der Waals surface area contributed by atoms with Crippen molar-refractivity contribution in [3.63, 3.8) is 0 Å². The van der Waals surface area contributed by atoms with Gasteiger partial charge in [0.2, 0.25) is 0 Å². The fraction of sp³-hybridized carbons (Fsp3) is 0.0833. The fourth-order valence-electron chi connectivity index (χ4n) is 1.40. The second-order valence-electron chi connectivity index (χ2n) is 3.67. The van der Waals surface area contributed by atoms with Crippen LogP contribution in [0.15, 0.2) is 39.7 Å². The number of carbonyl (C=O) groups is 1. The van der Waals surface area contributed by atoms with Gasteiger partial charge in [-0.2, -0.15) is 0 Å². The molecule has 0 bridgehead atoms. The molecule has 2 rings (SSSR count). The van der Waals surface area contributed by atoms with Gasteiger partial charge in [0.25, 0.3) is 11.5 Å². The standard InChI is InChI=1S/C12H10BrN3O2/c1-7-4-5-9(11(17)15-7)16-12(18)10-8(13)3-2-6-14-10/h2-6H,1H3,(H,15,17)(H,16,18). The molecule has 1 amide bonds. The monoisotopic (exact) mass is 307 g/mol. The molecule has 5 nitrogen and oxygen atoms in total. The molecule has 0 unspecified atom stereocenters. The maximum absolute atomic E-state index is 11.9. The van der Waals surface area contributed by atoms with Crippen LogP contribution in [-0.4, -0.2) is 15.9 Å². The summed E-state index contributed by atoms with van der Waals surface area (Å²) in [6.07, 6.45) is 1.51. The third kappa shape index (κ3) is 2.65. The first-order chi connectivity index (χ1) is 8.58. The van der Waals surface area contributed by atoms with Crippen molar-refractivity contribution in [2.45, 2.75) is 6.92 Å². The lowest BCUT2D eigenvalue weighted by atomic mass is 10.3. The Morgan fingerprint density at radius 2 is 2.17 bits per heavy atom. The van der Waals surface area contributed by atoms with Gasteiger partial charge >= 0.3 is 0 Å². The maximum atomic E-state index is 11.9. The summed E-state index contributed by atoms with van der Waals surface area (Å²) in [5, 5.41) is 2.52. The zero-order valence-corrected chi connectivity index (χ0v) is 11.1. The van der Waals surface area contributed by atoms with E-state index in [9.17, 15) is 9.59 Å². The van der Waals surface area contributed by atoms with E-state index in [1.54, 1.807) is 31.2 Å². The van der Waals surface area contributed by atoms with Gasteiger partial charge < -0.3 is 10.3 Å². The lowest BCUT2D eigenvalue weighted by Crippen LogP contribution is -2.21. The Bertz CT molecular complexity index is 652. The normalized spacial score (nSPS) is 10.1. The number of carbonyl (C=O) groups excluding carboxylic acids is 1. The number of hydrogen-bond acceptors (Lipinski definition) is 3. The average Bonchev–Trinajstić information content (AvgIpc) is 2.33. The van der Waals surface area contributed by atoms with Crippen LogP contribution >= 0.6 is 15.9 Å². The van der Waals surface area contributed by atoms with E-state index < -0.39 is 5.91 Å². The molecule has 18 heavy (non-hydrogen) atoms. The van der Waals surface area contributed by atoms with E-state index in [1.165, 1.54) is 6.20 Å². The molecule has 92 valence electrons. The molecule has 0 aromatic carbocycles. The predicted octanol–water partition coefficient (Wildman–Crippen LogP) is 2.09. The number of aromatic nitrogens is 2. The number of aryl methyl sites for hydroxylation is 1. The highest BCUT2D eigenvalue weighted by molar-refractivity contribution is 9.10. The van der Waals surface area contributed by atoms with E-state index in [2.05, 4.69) is 31.2 Å². The second kappa shape index (κ2) is 5.14. The van der Waals surface area contributed by atoms with Crippen molar-refractivity contribution < 1.29 is 4.79 Å². The third-order valence-corrected chi connectivity index (χ3v) is 2.92. The third-order valence-electron chi connectivity index (χ3n) is 2.28. The Balaban J connectivity index is 2.27. The summed E-state index contributed by atoms with van der Waals surface area (Å²) in [7, 11) is 0. The number of rotatable bonds is 2. The number of hydrogen-bond donors (Lipinski definition) is 2. The van der Waals surface area contributed by atoms with Crippen molar-refractivity contribution in [2.24, 2.45) is 0 Å². The van der Waals surface area contributed by atoms with Gasteiger partial charge in [0.15, 0.2) is 0 Å². The minimum absolute atomic E-state index is 0.197. The number of amides is 1. The van der Waals surface area contributed by atoms with Crippen molar-refractivity contribution in [1.82, 2.24) is 9.97 Å². The zero-order valence-electron chi connectivity index (χ0n) is 9.53. The van der Waals surface area contributed by atoms with Crippen LogP contribution in [0.5, 0.6) is 0 Å². The summed E-state index contributed by atoms with van der Waals surface area (Å²) >= 11 is 3.23. The van der Waals surface area contributed by atoms with Gasteiger partial charge in [0.05, 0.1) is 0 Å². The minimum atomic E-state index is -0.433. The van der Waals surface area contributed by atoms with E-state index >= 15 is 0 Å². The number of aromatic amines is 1. The number of nitrogens with one attached hydrogen (secondary N) is 2. The molecule has 0 aliphatic rings. The molecule has 6 heteroatoms. The van der Waals surface area contributed by atoms with Crippen LogP contribution in [0.4, 0.5) is 5.69 Å². The number of nitrogens with zero attached hydrogens (tertiary/aromatic N) is 1. The predicted molar refractivity (Wildman–Crippen MR) is 71.7 cm³/mol. The van der Waals surface area contributed by atoms with E-state index in [1.807, 2.05) is 0 Å². The van der Waals surface area contributed by atoms with Gasteiger partial charge in [-0.05, 0) is 47.1 Å². The zero-order chi connectivity index (χ0) is 13.1. The molecule has 0 saturated carbocycles. The maximum Gasteiger partial charge on any atom is 0.275 e. The lowest BCUT2D eigenvalue weighted by molar-refractivity contribution is 0.102. The molecule has 0 spiro atoms. The first-order valence-electron chi connectivity index (χ1n) is 5.20. The first kappa shape index (κ1) is 12.5. The number of anilines is 1. The molecule has 2 heterocycles. The number of H-pyrrole nitrogens is 1. The quantitative estimate of drug-likeness (QED) is 0.892. The Morgan fingerprint density at radius 3 is 2.83 bits per heavy atom. The van der Waals surface area contributed by atoms with Crippen LogP contribution in [0.2, 0.25) is 0 Å². The Labute approximate surface area is 111 Å². The largest absolute Gasteiger partial charge is 0.325 e. The molecular formula is C12H10BrN3O2. The molecular weight excluding hydrogens is 298 g/mol. The topological polar surface area (TPSA) is 74.8 Å². The van der Waals surface area contributed by atoms with Crippen molar-refractivity contribution in [2.75, 3.05) is 5.32 Å². The molecule has 2 aromatic rings. The first-order valence-corrected chi connectivity index (χ1v) is 5.99. The van der Waals surface area contributed by atoms with Crippen molar-refractivity contribution in [3.05, 3.63) is 56.7 Å². The van der Waals surface area contributed by atoms with Crippen LogP contribution in [-0.2, 0) is 0 Å². The van der Waals surface area contributed by atoms with Crippen LogP contribution in [0.1, 0.15) is 16.2 Å². The Hall–Kier alpha value is -1.95. The van der Waals surface area contributed by atoms with Crippen molar-refractivity contribution >= 4 is 27.5 Å². The van der Waals surface area contributed by atoms with E-state index in [0.717, 1.165) is 5.69 Å². The van der Waals surface area contributed by atoms with Gasteiger partial charge in [-0.25, -0.2) is 4.98 Å². The highest BCUT2D eigenvalue weighted by atomic mass is 79.9. The molecule has 2 N–H and O–H groups in total. The van der Waals surface area contributed by atoms with Gasteiger partial charge in [-0.15, -0.1) is 0 Å². The molecule has 0 radical (unpaired) electrons. The molecule has 2 aromatic heterocycles. The van der Waals surface area contributed by atoms with Crippen molar-refractivity contribution in [1.29, 1.82) is 0 Å². The highest BCUT2D eigenvalue weighted by Crippen LogP contribution is 2.14. The molecule has 0 fully saturated rings. The minimum Gasteiger partial charge on any atom is -0.325 e. The Morgan fingerprint density at radius 1 is 1.39 bits per heavy atom. The smallest absolute Gasteiger partial charge is 0.275 e. The van der Waals surface area contributed by atoms with E-state index in [0.29, 0.717) is 4.47 Å². The lowest BCUT2D eigenvalue weighted by Gasteiger charge is -2.05. The summed E-state index contributed by atoms with van der Waals surface area (Å²) in [6.45, 7) is 1.77. The Kier molecular flexibility index (Phi) is 3.57. The van der Waals surface area contributed by atoms with Crippen molar-refractivity contribution in [3.8, 4) is 0 Å². The summed E-state index contributed by atoms with van der Waals surface area (Å²) in [6, 6.07) is 6.69. The molecule has 0 aliphatic carbocycles. The summed E-state index contributed by atoms with van der Waals surface area (Å²) in [5.74, 6) is -0.433. The second-order valence-corrected chi connectivity index (χ2v) is 4.53. The van der Waals surface area contributed by atoms with Gasteiger partial charge in [-0.3, -0.25) is 9.59 Å². The number of pyridine rings is 2. The van der Waals surface area contributed by atoms with Gasteiger partial charge in [-0.1, -0.05) is 0 Å². The van der Waals surface area contributed by atoms with Gasteiger partial charge in [0, 0.05) is 16.4 Å². The molecule has 0 atom stereocenters. The van der Waals surface area contributed by atoms with Gasteiger partial charge in [0.1, 0.15) is 11.4 Å². The number of halogens is 1. The highest BCUT2D eigenvalue weighted by Gasteiger charge is 2.12. The van der Waals surface area contributed by atoms with Crippen LogP contribution in [0, 0.1) is 6.92 Å². The van der Waals surface area contributed by atoms with E-state index in [-0.39, 0.29) is 16.9 Å². The summed E-state index contributed by atoms with van der Waals surface area (Å²) < 4.78 is 0.575. The SMILES string of the molecule is Cc1ccc(NC(=O)c2ncccc2Br)c(=O)[nH]1. The van der Waals surface area contributed by atoms with Crippen LogP contribution in [0.3, 0.4) is 0 Å².